The first-order valence-electron chi connectivity index (χ1n) is 11.2. The Labute approximate surface area is 193 Å². The summed E-state index contributed by atoms with van der Waals surface area (Å²) in [5.74, 6) is -0.190. The minimum Gasteiger partial charge on any atom is -0.378 e. The van der Waals surface area contributed by atoms with Gasteiger partial charge in [0.05, 0.1) is 29.8 Å². The average molecular weight is 453 g/mol. The number of methoxy groups -OCH3 is 1. The van der Waals surface area contributed by atoms with Gasteiger partial charge in [-0.05, 0) is 37.7 Å². The third-order valence-electron chi connectivity index (χ3n) is 6.14. The van der Waals surface area contributed by atoms with Crippen LogP contribution in [0.3, 0.4) is 0 Å². The number of hydrogen-bond acceptors (Lipinski definition) is 6. The van der Waals surface area contributed by atoms with Crippen LogP contribution in [0.1, 0.15) is 36.3 Å². The lowest BCUT2D eigenvalue weighted by Crippen LogP contribution is -2.38. The number of nitrogens with zero attached hydrogens (tertiary/aromatic N) is 6. The van der Waals surface area contributed by atoms with E-state index in [2.05, 4.69) is 33.8 Å². The van der Waals surface area contributed by atoms with Gasteiger partial charge in [-0.1, -0.05) is 26.0 Å². The molecule has 2 aromatic heterocycles. The molecule has 0 bridgehead atoms. The molecule has 9 heteroatoms. The molecule has 3 aromatic rings. The highest BCUT2D eigenvalue weighted by atomic mass is 19.1. The predicted octanol–water partition coefficient (Wildman–Crippen LogP) is 3.17. The number of halogens is 1. The Balaban J connectivity index is 1.64. The zero-order valence-corrected chi connectivity index (χ0v) is 19.2. The molecule has 0 radical (unpaired) electrons. The fourth-order valence-corrected chi connectivity index (χ4v) is 4.40. The first-order chi connectivity index (χ1) is 16.1. The van der Waals surface area contributed by atoms with Gasteiger partial charge in [0.15, 0.2) is 0 Å². The number of amides is 1. The summed E-state index contributed by atoms with van der Waals surface area (Å²) in [4.78, 5) is 26.5. The molecule has 0 unspecified atom stereocenters. The van der Waals surface area contributed by atoms with E-state index in [4.69, 9.17) is 4.74 Å². The van der Waals surface area contributed by atoms with E-state index in [0.717, 1.165) is 19.5 Å². The third-order valence-corrected chi connectivity index (χ3v) is 6.14. The second-order valence-electron chi connectivity index (χ2n) is 7.99. The predicted molar refractivity (Wildman–Crippen MR) is 122 cm³/mol. The van der Waals surface area contributed by atoms with Crippen LogP contribution >= 0.6 is 0 Å². The second kappa shape index (κ2) is 10.2. The molecule has 8 nitrogen and oxygen atoms in total. The van der Waals surface area contributed by atoms with Gasteiger partial charge in [-0.15, -0.1) is 0 Å². The van der Waals surface area contributed by atoms with E-state index in [9.17, 15) is 9.18 Å². The Hall–Kier alpha value is -3.17. The van der Waals surface area contributed by atoms with E-state index in [1.165, 1.54) is 10.7 Å². The summed E-state index contributed by atoms with van der Waals surface area (Å²) in [6.07, 6.45) is 4.05. The summed E-state index contributed by atoms with van der Waals surface area (Å²) in [5.41, 5.74) is 1.85. The number of carbonyl (C=O) groups excluding carboxylic acids is 1. The van der Waals surface area contributed by atoms with Gasteiger partial charge >= 0.3 is 0 Å². The second-order valence-corrected chi connectivity index (χ2v) is 7.99. The van der Waals surface area contributed by atoms with Gasteiger partial charge in [0.2, 0.25) is 0 Å². The van der Waals surface area contributed by atoms with Crippen molar-refractivity contribution >= 4 is 5.91 Å². The summed E-state index contributed by atoms with van der Waals surface area (Å²) in [6.45, 7) is 7.78. The first kappa shape index (κ1) is 23.0. The Morgan fingerprint density at radius 1 is 1.24 bits per heavy atom. The van der Waals surface area contributed by atoms with Crippen LogP contribution in [0.4, 0.5) is 4.39 Å². The van der Waals surface area contributed by atoms with E-state index >= 15 is 0 Å². The fraction of sp³-hybridized carbons (Fsp3) is 0.417. The fourth-order valence-electron chi connectivity index (χ4n) is 4.40. The lowest BCUT2D eigenvalue weighted by Gasteiger charge is -2.26. The SMILES string of the molecule is CCN(CC)[C@H]1CCN(C(=O)c2cnn(-c3nccc(-c4ccccc4F)n3)c2COC)C1. The number of ether oxygens (including phenoxy) is 1. The molecule has 0 N–H and O–H groups in total. The van der Waals surface area contributed by atoms with Crippen molar-refractivity contribution in [3.05, 3.63) is 59.8 Å². The minimum absolute atomic E-state index is 0.0757. The van der Waals surface area contributed by atoms with Crippen molar-refractivity contribution in [1.82, 2.24) is 29.5 Å². The van der Waals surface area contributed by atoms with E-state index in [0.29, 0.717) is 41.6 Å². The molecule has 0 aliphatic carbocycles. The number of rotatable bonds is 8. The van der Waals surface area contributed by atoms with Gasteiger partial charge in [-0.2, -0.15) is 9.78 Å². The summed E-state index contributed by atoms with van der Waals surface area (Å²) in [7, 11) is 1.56. The Kier molecular flexibility index (Phi) is 7.10. The molecule has 1 aliphatic heterocycles. The van der Waals surface area contributed by atoms with Crippen molar-refractivity contribution < 1.29 is 13.9 Å². The number of likely N-dealkylation sites (N-methyl/N-ethyl adjacent to an activating group) is 1. The van der Waals surface area contributed by atoms with Crippen molar-refractivity contribution in [2.75, 3.05) is 33.3 Å². The van der Waals surface area contributed by atoms with Crippen molar-refractivity contribution in [1.29, 1.82) is 0 Å². The summed E-state index contributed by atoms with van der Waals surface area (Å²) >= 11 is 0. The maximum Gasteiger partial charge on any atom is 0.257 e. The van der Waals surface area contributed by atoms with E-state index in [1.807, 2.05) is 4.90 Å². The molecule has 0 spiro atoms. The van der Waals surface area contributed by atoms with E-state index in [1.54, 1.807) is 43.8 Å². The van der Waals surface area contributed by atoms with Gasteiger partial charge in [-0.3, -0.25) is 9.69 Å². The lowest BCUT2D eigenvalue weighted by atomic mass is 10.1. The Bertz CT molecular complexity index is 1110. The minimum atomic E-state index is -0.368. The highest BCUT2D eigenvalue weighted by molar-refractivity contribution is 5.95. The smallest absolute Gasteiger partial charge is 0.257 e. The van der Waals surface area contributed by atoms with Gasteiger partial charge < -0.3 is 9.64 Å². The molecule has 1 aromatic carbocycles. The molecule has 3 heterocycles. The molecule has 4 rings (SSSR count). The monoisotopic (exact) mass is 452 g/mol. The first-order valence-corrected chi connectivity index (χ1v) is 11.2. The summed E-state index contributed by atoms with van der Waals surface area (Å²) in [6, 6.07) is 8.44. The maximum atomic E-state index is 14.3. The number of hydrogen-bond donors (Lipinski definition) is 0. The molecule has 0 saturated carbocycles. The molecule has 1 saturated heterocycles. The van der Waals surface area contributed by atoms with Crippen LogP contribution in [0.15, 0.2) is 42.7 Å². The third kappa shape index (κ3) is 4.65. The highest BCUT2D eigenvalue weighted by Gasteiger charge is 2.32. The molecule has 1 amide bonds. The molecule has 174 valence electrons. The largest absolute Gasteiger partial charge is 0.378 e. The molecule has 33 heavy (non-hydrogen) atoms. The number of carbonyl (C=O) groups is 1. The Morgan fingerprint density at radius 3 is 2.76 bits per heavy atom. The zero-order chi connectivity index (χ0) is 23.4. The summed E-state index contributed by atoms with van der Waals surface area (Å²) in [5, 5.41) is 4.40. The standard InChI is InChI=1S/C24H29FN6O2/c1-4-29(5-2)17-11-13-30(15-17)23(32)19-14-27-31(22(19)16-33-3)24-26-12-10-21(28-24)18-8-6-7-9-20(18)25/h6-10,12,14,17H,4-5,11,13,15-16H2,1-3H3/t17-/m0/s1. The van der Waals surface area contributed by atoms with Crippen molar-refractivity contribution in [3.63, 3.8) is 0 Å². The van der Waals surface area contributed by atoms with Gasteiger partial charge in [0, 0.05) is 38.0 Å². The van der Waals surface area contributed by atoms with Crippen LogP contribution in [-0.2, 0) is 11.3 Å². The van der Waals surface area contributed by atoms with Crippen molar-refractivity contribution in [2.45, 2.75) is 32.9 Å². The normalized spacial score (nSPS) is 16.0. The number of aromatic nitrogens is 4. The lowest BCUT2D eigenvalue weighted by molar-refractivity contribution is 0.0772. The van der Waals surface area contributed by atoms with E-state index < -0.39 is 0 Å². The van der Waals surface area contributed by atoms with Crippen LogP contribution in [0.2, 0.25) is 0 Å². The van der Waals surface area contributed by atoms with Crippen LogP contribution in [0, 0.1) is 5.82 Å². The van der Waals surface area contributed by atoms with Gasteiger partial charge in [0.25, 0.3) is 11.9 Å². The quantitative estimate of drug-likeness (QED) is 0.523. The van der Waals surface area contributed by atoms with Crippen LogP contribution in [0.5, 0.6) is 0 Å². The highest BCUT2D eigenvalue weighted by Crippen LogP contribution is 2.23. The van der Waals surface area contributed by atoms with Crippen LogP contribution in [-0.4, -0.2) is 74.8 Å². The topological polar surface area (TPSA) is 76.4 Å². The number of likely N-dealkylation sites (tertiary alicyclic amines) is 1. The van der Waals surface area contributed by atoms with E-state index in [-0.39, 0.29) is 24.3 Å². The van der Waals surface area contributed by atoms with Crippen molar-refractivity contribution in [2.24, 2.45) is 0 Å². The van der Waals surface area contributed by atoms with Crippen molar-refractivity contribution in [3.8, 4) is 17.2 Å². The van der Waals surface area contributed by atoms with Crippen LogP contribution < -0.4 is 0 Å². The number of benzene rings is 1. The molecule has 1 atom stereocenters. The van der Waals surface area contributed by atoms with Crippen LogP contribution in [0.25, 0.3) is 17.2 Å². The summed E-state index contributed by atoms with van der Waals surface area (Å²) < 4.78 is 21.1. The molecular weight excluding hydrogens is 423 g/mol. The molecule has 1 aliphatic rings. The Morgan fingerprint density at radius 2 is 2.03 bits per heavy atom. The zero-order valence-electron chi connectivity index (χ0n) is 19.2. The van der Waals surface area contributed by atoms with Gasteiger partial charge in [0.1, 0.15) is 5.82 Å². The molecular formula is C24H29FN6O2. The van der Waals surface area contributed by atoms with Gasteiger partial charge in [-0.25, -0.2) is 14.4 Å². The molecule has 1 fully saturated rings. The average Bonchev–Trinajstić information content (AvgIpc) is 3.48. The maximum absolute atomic E-state index is 14.3.